The van der Waals surface area contributed by atoms with Crippen LogP contribution in [0.1, 0.15) is 56.9 Å². The van der Waals surface area contributed by atoms with Gasteiger partial charge in [-0.15, -0.1) is 0 Å². The van der Waals surface area contributed by atoms with E-state index in [-0.39, 0.29) is 11.7 Å². The SMILES string of the molecule is CCn1ncc(Br)c1C(=O)C1CCC(C(C)C)CC1. The maximum atomic E-state index is 12.6. The highest BCUT2D eigenvalue weighted by Crippen LogP contribution is 2.35. The first-order chi connectivity index (χ1) is 9.04. The van der Waals surface area contributed by atoms with Crippen LogP contribution in [-0.2, 0) is 6.54 Å². The summed E-state index contributed by atoms with van der Waals surface area (Å²) in [5.74, 6) is 1.99. The molecule has 1 aromatic heterocycles. The molecule has 1 aliphatic rings. The first-order valence-electron chi connectivity index (χ1n) is 7.30. The van der Waals surface area contributed by atoms with Crippen LogP contribution >= 0.6 is 15.9 Å². The summed E-state index contributed by atoms with van der Waals surface area (Å²) in [4.78, 5) is 12.6. The van der Waals surface area contributed by atoms with Crippen molar-refractivity contribution in [2.24, 2.45) is 17.8 Å². The highest BCUT2D eigenvalue weighted by Gasteiger charge is 2.30. The third-order valence-corrected chi connectivity index (χ3v) is 4.99. The van der Waals surface area contributed by atoms with Crippen LogP contribution in [0.3, 0.4) is 0 Å². The van der Waals surface area contributed by atoms with E-state index in [9.17, 15) is 4.79 Å². The summed E-state index contributed by atoms with van der Waals surface area (Å²) in [6.45, 7) is 7.34. The molecule has 0 saturated heterocycles. The molecule has 0 radical (unpaired) electrons. The average Bonchev–Trinajstić information content (AvgIpc) is 2.79. The van der Waals surface area contributed by atoms with Crippen LogP contribution in [0.5, 0.6) is 0 Å². The highest BCUT2D eigenvalue weighted by atomic mass is 79.9. The molecular formula is C15H23BrN2O. The fourth-order valence-electron chi connectivity index (χ4n) is 3.09. The van der Waals surface area contributed by atoms with Crippen LogP contribution in [0, 0.1) is 17.8 Å². The first-order valence-corrected chi connectivity index (χ1v) is 8.09. The zero-order chi connectivity index (χ0) is 14.0. The van der Waals surface area contributed by atoms with E-state index in [0.717, 1.165) is 41.4 Å². The number of hydrogen-bond donors (Lipinski definition) is 0. The van der Waals surface area contributed by atoms with Crippen molar-refractivity contribution in [2.75, 3.05) is 0 Å². The standard InChI is InChI=1S/C15H23BrN2O/c1-4-18-14(13(16)9-17-18)15(19)12-7-5-11(6-8-12)10(2)3/h9-12H,4-8H2,1-3H3. The number of Topliss-reactive ketones (excluding diaryl/α,β-unsaturated/α-hetero) is 1. The summed E-state index contributed by atoms with van der Waals surface area (Å²) in [6.07, 6.45) is 6.17. The Kier molecular flexibility index (Phi) is 4.82. The van der Waals surface area contributed by atoms with Gasteiger partial charge in [-0.05, 0) is 60.4 Å². The summed E-state index contributed by atoms with van der Waals surface area (Å²) >= 11 is 3.46. The van der Waals surface area contributed by atoms with Crippen LogP contribution in [0.25, 0.3) is 0 Å². The molecule has 0 aromatic carbocycles. The van der Waals surface area contributed by atoms with Gasteiger partial charge in [0.2, 0.25) is 0 Å². The Morgan fingerprint density at radius 2 is 2.05 bits per heavy atom. The van der Waals surface area contributed by atoms with Gasteiger partial charge in [0.1, 0.15) is 5.69 Å². The Bertz CT molecular complexity index is 445. The van der Waals surface area contributed by atoms with Crippen molar-refractivity contribution in [3.05, 3.63) is 16.4 Å². The molecular weight excluding hydrogens is 304 g/mol. The van der Waals surface area contributed by atoms with Gasteiger partial charge in [-0.3, -0.25) is 9.48 Å². The second-order valence-corrected chi connectivity index (χ2v) is 6.73. The summed E-state index contributed by atoms with van der Waals surface area (Å²) in [5, 5.41) is 4.24. The summed E-state index contributed by atoms with van der Waals surface area (Å²) in [6, 6.07) is 0. The molecule has 2 rings (SSSR count). The van der Waals surface area contributed by atoms with Crippen molar-refractivity contribution in [3.63, 3.8) is 0 Å². The molecule has 1 saturated carbocycles. The molecule has 0 aliphatic heterocycles. The molecule has 1 fully saturated rings. The Balaban J connectivity index is 2.07. The molecule has 0 amide bonds. The maximum Gasteiger partial charge on any atom is 0.185 e. The molecule has 19 heavy (non-hydrogen) atoms. The smallest absolute Gasteiger partial charge is 0.185 e. The molecule has 1 heterocycles. The lowest BCUT2D eigenvalue weighted by Crippen LogP contribution is -2.26. The van der Waals surface area contributed by atoms with Crippen molar-refractivity contribution < 1.29 is 4.79 Å². The zero-order valence-corrected chi connectivity index (χ0v) is 13.6. The number of carbonyl (C=O) groups is 1. The predicted molar refractivity (Wildman–Crippen MR) is 80.2 cm³/mol. The topological polar surface area (TPSA) is 34.9 Å². The van der Waals surface area contributed by atoms with Gasteiger partial charge in [0.25, 0.3) is 0 Å². The maximum absolute atomic E-state index is 12.6. The van der Waals surface area contributed by atoms with E-state index >= 15 is 0 Å². The first kappa shape index (κ1) is 14.8. The lowest BCUT2D eigenvalue weighted by Gasteiger charge is -2.30. The summed E-state index contributed by atoms with van der Waals surface area (Å²) < 4.78 is 2.64. The molecule has 1 aromatic rings. The third-order valence-electron chi connectivity index (χ3n) is 4.41. The number of halogens is 1. The number of nitrogens with zero attached hydrogens (tertiary/aromatic N) is 2. The van der Waals surface area contributed by atoms with Crippen molar-refractivity contribution in [1.29, 1.82) is 0 Å². The van der Waals surface area contributed by atoms with Crippen LogP contribution < -0.4 is 0 Å². The van der Waals surface area contributed by atoms with Crippen molar-refractivity contribution in [3.8, 4) is 0 Å². The minimum absolute atomic E-state index is 0.188. The second kappa shape index (κ2) is 6.21. The number of hydrogen-bond acceptors (Lipinski definition) is 2. The lowest BCUT2D eigenvalue weighted by atomic mass is 9.75. The van der Waals surface area contributed by atoms with Gasteiger partial charge in [0, 0.05) is 12.5 Å². The molecule has 0 bridgehead atoms. The van der Waals surface area contributed by atoms with Gasteiger partial charge < -0.3 is 0 Å². The fourth-order valence-corrected chi connectivity index (χ4v) is 3.58. The van der Waals surface area contributed by atoms with Crippen LogP contribution in [0.4, 0.5) is 0 Å². The van der Waals surface area contributed by atoms with Crippen LogP contribution in [0.15, 0.2) is 10.7 Å². The van der Waals surface area contributed by atoms with Gasteiger partial charge in [-0.25, -0.2) is 0 Å². The second-order valence-electron chi connectivity index (χ2n) is 5.88. The molecule has 3 nitrogen and oxygen atoms in total. The summed E-state index contributed by atoms with van der Waals surface area (Å²) in [7, 11) is 0. The molecule has 106 valence electrons. The largest absolute Gasteiger partial charge is 0.292 e. The van der Waals surface area contributed by atoms with Gasteiger partial charge in [0.05, 0.1) is 10.7 Å². The molecule has 1 aliphatic carbocycles. The van der Waals surface area contributed by atoms with Crippen molar-refractivity contribution >= 4 is 21.7 Å². The Morgan fingerprint density at radius 3 is 2.58 bits per heavy atom. The van der Waals surface area contributed by atoms with Crippen LogP contribution in [0.2, 0.25) is 0 Å². The molecule has 0 atom stereocenters. The minimum atomic E-state index is 0.188. The van der Waals surface area contributed by atoms with E-state index < -0.39 is 0 Å². The molecule has 0 N–H and O–H groups in total. The van der Waals surface area contributed by atoms with Gasteiger partial charge >= 0.3 is 0 Å². The number of ketones is 1. The molecule has 0 spiro atoms. The zero-order valence-electron chi connectivity index (χ0n) is 12.0. The Morgan fingerprint density at radius 1 is 1.42 bits per heavy atom. The number of rotatable bonds is 4. The van der Waals surface area contributed by atoms with Gasteiger partial charge in [-0.1, -0.05) is 13.8 Å². The summed E-state index contributed by atoms with van der Waals surface area (Å²) in [5.41, 5.74) is 0.760. The van der Waals surface area contributed by atoms with E-state index in [1.807, 2.05) is 6.92 Å². The van der Waals surface area contributed by atoms with Crippen molar-refractivity contribution in [1.82, 2.24) is 9.78 Å². The lowest BCUT2D eigenvalue weighted by molar-refractivity contribution is 0.0847. The fraction of sp³-hybridized carbons (Fsp3) is 0.733. The third kappa shape index (κ3) is 3.10. The minimum Gasteiger partial charge on any atom is -0.292 e. The van der Waals surface area contributed by atoms with E-state index in [1.165, 1.54) is 12.8 Å². The van der Waals surface area contributed by atoms with E-state index in [0.29, 0.717) is 0 Å². The predicted octanol–water partition coefficient (Wildman–Crippen LogP) is 4.31. The molecule has 0 unspecified atom stereocenters. The number of aromatic nitrogens is 2. The van der Waals surface area contributed by atoms with Gasteiger partial charge in [-0.2, -0.15) is 5.10 Å². The number of aryl methyl sites for hydroxylation is 1. The van der Waals surface area contributed by atoms with E-state index in [4.69, 9.17) is 0 Å². The highest BCUT2D eigenvalue weighted by molar-refractivity contribution is 9.10. The Labute approximate surface area is 123 Å². The quantitative estimate of drug-likeness (QED) is 0.772. The Hall–Kier alpha value is -0.640. The molecule has 4 heteroatoms. The normalized spacial score (nSPS) is 23.8. The van der Waals surface area contributed by atoms with Gasteiger partial charge in [0.15, 0.2) is 5.78 Å². The van der Waals surface area contributed by atoms with Crippen molar-refractivity contribution in [2.45, 2.75) is 53.0 Å². The van der Waals surface area contributed by atoms with E-state index in [2.05, 4.69) is 34.9 Å². The van der Waals surface area contributed by atoms with E-state index in [1.54, 1.807) is 10.9 Å². The van der Waals surface area contributed by atoms with Crippen LogP contribution in [-0.4, -0.2) is 15.6 Å². The monoisotopic (exact) mass is 326 g/mol. The number of carbonyl (C=O) groups excluding carboxylic acids is 1. The average molecular weight is 327 g/mol.